The maximum atomic E-state index is 5.46. The number of ether oxygens (including phenoxy) is 1. The van der Waals surface area contributed by atoms with Crippen molar-refractivity contribution in [1.82, 2.24) is 35.0 Å². The largest absolute Gasteiger partial charge is 0.379 e. The van der Waals surface area contributed by atoms with Crippen molar-refractivity contribution in [3.63, 3.8) is 0 Å². The molecule has 8 heteroatoms. The SMILES string of the molecule is c1ccc(-c2nnn(Cc3nnc4n3CCOCC4)n2)cc1. The molecule has 0 unspecified atom stereocenters. The van der Waals surface area contributed by atoms with E-state index in [1.54, 1.807) is 4.80 Å². The van der Waals surface area contributed by atoms with Crippen molar-refractivity contribution in [1.29, 1.82) is 0 Å². The number of rotatable bonds is 3. The van der Waals surface area contributed by atoms with Crippen LogP contribution in [-0.2, 0) is 24.2 Å². The first-order chi connectivity index (χ1) is 10.9. The Hall–Kier alpha value is -2.61. The first-order valence-electron chi connectivity index (χ1n) is 7.22. The van der Waals surface area contributed by atoms with E-state index in [-0.39, 0.29) is 0 Å². The predicted octanol–water partition coefficient (Wildman–Crippen LogP) is 0.553. The minimum Gasteiger partial charge on any atom is -0.379 e. The van der Waals surface area contributed by atoms with Crippen LogP contribution < -0.4 is 0 Å². The van der Waals surface area contributed by atoms with Crippen molar-refractivity contribution in [2.45, 2.75) is 19.5 Å². The minimum atomic E-state index is 0.451. The number of aromatic nitrogens is 7. The standard InChI is InChI=1S/C14H15N7O/c1-2-4-11(5-3-1)14-17-19-21(18-14)10-13-16-15-12-6-8-22-9-7-20(12)13/h1-5H,6-10H2. The summed E-state index contributed by atoms with van der Waals surface area (Å²) in [5.41, 5.74) is 0.947. The van der Waals surface area contributed by atoms with Gasteiger partial charge in [0, 0.05) is 18.5 Å². The molecule has 0 aliphatic carbocycles. The molecule has 0 fully saturated rings. The first-order valence-corrected chi connectivity index (χ1v) is 7.22. The molecule has 0 atom stereocenters. The predicted molar refractivity (Wildman–Crippen MR) is 76.9 cm³/mol. The summed E-state index contributed by atoms with van der Waals surface area (Å²) in [5.74, 6) is 2.40. The fourth-order valence-corrected chi connectivity index (χ4v) is 2.49. The van der Waals surface area contributed by atoms with Gasteiger partial charge in [0.15, 0.2) is 5.82 Å². The smallest absolute Gasteiger partial charge is 0.204 e. The van der Waals surface area contributed by atoms with Gasteiger partial charge in [-0.3, -0.25) is 0 Å². The Labute approximate surface area is 126 Å². The summed E-state index contributed by atoms with van der Waals surface area (Å²) in [6, 6.07) is 9.79. The van der Waals surface area contributed by atoms with Crippen LogP contribution in [-0.4, -0.2) is 48.2 Å². The Morgan fingerprint density at radius 2 is 1.95 bits per heavy atom. The molecular weight excluding hydrogens is 282 g/mol. The van der Waals surface area contributed by atoms with Crippen LogP contribution in [0.15, 0.2) is 30.3 Å². The average molecular weight is 297 g/mol. The highest BCUT2D eigenvalue weighted by molar-refractivity contribution is 5.52. The Morgan fingerprint density at radius 3 is 2.86 bits per heavy atom. The highest BCUT2D eigenvalue weighted by atomic mass is 16.5. The zero-order valence-corrected chi connectivity index (χ0v) is 12.0. The van der Waals surface area contributed by atoms with Gasteiger partial charge in [-0.2, -0.15) is 4.80 Å². The second-order valence-electron chi connectivity index (χ2n) is 5.06. The molecule has 3 heterocycles. The fourth-order valence-electron chi connectivity index (χ4n) is 2.49. The molecule has 3 aromatic rings. The summed E-state index contributed by atoms with van der Waals surface area (Å²) in [7, 11) is 0. The van der Waals surface area contributed by atoms with Gasteiger partial charge in [-0.15, -0.1) is 20.4 Å². The molecule has 8 nitrogen and oxygen atoms in total. The Balaban J connectivity index is 1.57. The number of nitrogens with zero attached hydrogens (tertiary/aromatic N) is 7. The van der Waals surface area contributed by atoms with E-state index in [4.69, 9.17) is 4.74 Å². The quantitative estimate of drug-likeness (QED) is 0.702. The van der Waals surface area contributed by atoms with Crippen LogP contribution in [0.5, 0.6) is 0 Å². The Kier molecular flexibility index (Phi) is 3.36. The summed E-state index contributed by atoms with van der Waals surface area (Å²) in [6.45, 7) is 2.58. The molecule has 0 saturated heterocycles. The molecule has 0 saturated carbocycles. The molecule has 1 aliphatic heterocycles. The molecule has 0 N–H and O–H groups in total. The van der Waals surface area contributed by atoms with Gasteiger partial charge in [0.25, 0.3) is 0 Å². The summed E-state index contributed by atoms with van der Waals surface area (Å²) in [4.78, 5) is 1.55. The van der Waals surface area contributed by atoms with Gasteiger partial charge >= 0.3 is 0 Å². The van der Waals surface area contributed by atoms with Gasteiger partial charge in [-0.25, -0.2) is 0 Å². The Bertz CT molecular complexity index is 765. The van der Waals surface area contributed by atoms with E-state index in [1.807, 2.05) is 30.3 Å². The van der Waals surface area contributed by atoms with Gasteiger partial charge in [0.1, 0.15) is 12.4 Å². The third kappa shape index (κ3) is 2.48. The van der Waals surface area contributed by atoms with Gasteiger partial charge in [-0.05, 0) is 5.21 Å². The van der Waals surface area contributed by atoms with Crippen molar-refractivity contribution >= 4 is 0 Å². The van der Waals surface area contributed by atoms with Crippen LogP contribution in [0.2, 0.25) is 0 Å². The van der Waals surface area contributed by atoms with Crippen LogP contribution >= 0.6 is 0 Å². The van der Waals surface area contributed by atoms with E-state index in [9.17, 15) is 0 Å². The number of tetrazole rings is 1. The summed E-state index contributed by atoms with van der Waals surface area (Å²) < 4.78 is 7.55. The van der Waals surface area contributed by atoms with Crippen molar-refractivity contribution in [3.05, 3.63) is 42.0 Å². The van der Waals surface area contributed by atoms with E-state index >= 15 is 0 Å². The molecule has 0 amide bonds. The van der Waals surface area contributed by atoms with E-state index in [0.29, 0.717) is 25.6 Å². The highest BCUT2D eigenvalue weighted by Crippen LogP contribution is 2.13. The molecule has 0 spiro atoms. The second kappa shape index (κ2) is 5.64. The maximum Gasteiger partial charge on any atom is 0.204 e. The minimum absolute atomic E-state index is 0.451. The molecule has 4 rings (SSSR count). The van der Waals surface area contributed by atoms with Crippen LogP contribution in [0, 0.1) is 0 Å². The van der Waals surface area contributed by atoms with Crippen molar-refractivity contribution in [2.24, 2.45) is 0 Å². The lowest BCUT2D eigenvalue weighted by Gasteiger charge is -2.05. The monoisotopic (exact) mass is 297 g/mol. The topological polar surface area (TPSA) is 83.5 Å². The lowest BCUT2D eigenvalue weighted by Crippen LogP contribution is -2.13. The Morgan fingerprint density at radius 1 is 1.05 bits per heavy atom. The van der Waals surface area contributed by atoms with E-state index < -0.39 is 0 Å². The van der Waals surface area contributed by atoms with Gasteiger partial charge in [0.2, 0.25) is 5.82 Å². The second-order valence-corrected chi connectivity index (χ2v) is 5.06. The van der Waals surface area contributed by atoms with Crippen LogP contribution in [0.4, 0.5) is 0 Å². The van der Waals surface area contributed by atoms with E-state index in [1.165, 1.54) is 0 Å². The summed E-state index contributed by atoms with van der Waals surface area (Å²) in [6.07, 6.45) is 0.785. The van der Waals surface area contributed by atoms with Crippen LogP contribution in [0.25, 0.3) is 11.4 Å². The van der Waals surface area contributed by atoms with Gasteiger partial charge in [0.05, 0.1) is 13.2 Å². The molecule has 0 radical (unpaired) electrons. The number of hydrogen-bond acceptors (Lipinski definition) is 6. The van der Waals surface area contributed by atoms with Gasteiger partial charge in [-0.1, -0.05) is 30.3 Å². The third-order valence-electron chi connectivity index (χ3n) is 3.60. The number of hydrogen-bond donors (Lipinski definition) is 0. The lowest BCUT2D eigenvalue weighted by atomic mass is 10.2. The third-order valence-corrected chi connectivity index (χ3v) is 3.60. The van der Waals surface area contributed by atoms with Crippen molar-refractivity contribution in [2.75, 3.05) is 13.2 Å². The summed E-state index contributed by atoms with van der Waals surface area (Å²) in [5, 5.41) is 21.1. The molecule has 1 aliphatic rings. The van der Waals surface area contributed by atoms with Crippen molar-refractivity contribution < 1.29 is 4.74 Å². The zero-order chi connectivity index (χ0) is 14.8. The van der Waals surface area contributed by atoms with Gasteiger partial charge < -0.3 is 9.30 Å². The molecular formula is C14H15N7O. The lowest BCUT2D eigenvalue weighted by molar-refractivity contribution is 0.139. The number of fused-ring (bicyclic) bond motifs is 1. The molecule has 112 valence electrons. The molecule has 0 bridgehead atoms. The van der Waals surface area contributed by atoms with Crippen molar-refractivity contribution in [3.8, 4) is 11.4 Å². The first kappa shape index (κ1) is 13.1. The molecule has 22 heavy (non-hydrogen) atoms. The number of benzene rings is 1. The molecule has 1 aromatic carbocycles. The maximum absolute atomic E-state index is 5.46. The van der Waals surface area contributed by atoms with Crippen LogP contribution in [0.1, 0.15) is 11.6 Å². The van der Waals surface area contributed by atoms with E-state index in [2.05, 4.69) is 30.2 Å². The fraction of sp³-hybridized carbons (Fsp3) is 0.357. The summed E-state index contributed by atoms with van der Waals surface area (Å²) >= 11 is 0. The van der Waals surface area contributed by atoms with E-state index in [0.717, 1.165) is 30.2 Å². The van der Waals surface area contributed by atoms with Crippen LogP contribution in [0.3, 0.4) is 0 Å². The average Bonchev–Trinajstić information content (AvgIpc) is 3.10. The molecule has 2 aromatic heterocycles. The normalized spacial score (nSPS) is 14.5. The zero-order valence-electron chi connectivity index (χ0n) is 12.0. The highest BCUT2D eigenvalue weighted by Gasteiger charge is 2.16.